The lowest BCUT2D eigenvalue weighted by atomic mass is 9.49. The fourth-order valence-corrected chi connectivity index (χ4v) is 4.68. The van der Waals surface area contributed by atoms with Gasteiger partial charge in [0.15, 0.2) is 0 Å². The molecule has 7 heteroatoms. The molecule has 2 N–H and O–H groups in total. The number of hydrogen-bond acceptors (Lipinski definition) is 7. The van der Waals surface area contributed by atoms with Crippen LogP contribution in [0.25, 0.3) is 0 Å². The Hall–Kier alpha value is -1.99. The molecule has 142 valence electrons. The molecule has 1 saturated heterocycles. The van der Waals surface area contributed by atoms with E-state index in [0.717, 1.165) is 0 Å². The Kier molecular flexibility index (Phi) is 4.16. The summed E-state index contributed by atoms with van der Waals surface area (Å²) in [6, 6.07) is 0. The minimum absolute atomic E-state index is 0.00168. The van der Waals surface area contributed by atoms with Crippen LogP contribution in [0.15, 0.2) is 24.3 Å². The molecule has 0 aromatic carbocycles. The molecular formula is C19H24O7. The van der Waals surface area contributed by atoms with Crippen molar-refractivity contribution in [3.63, 3.8) is 0 Å². The quantitative estimate of drug-likeness (QED) is 0.548. The molecule has 0 radical (unpaired) electrons. The highest BCUT2D eigenvalue weighted by Crippen LogP contribution is 2.61. The molecule has 26 heavy (non-hydrogen) atoms. The number of carbonyl (C=O) groups is 3. The first-order valence-corrected chi connectivity index (χ1v) is 8.65. The first-order chi connectivity index (χ1) is 11.9. The van der Waals surface area contributed by atoms with Crippen molar-refractivity contribution in [2.24, 2.45) is 17.3 Å². The molecule has 0 aromatic rings. The van der Waals surface area contributed by atoms with E-state index in [2.05, 4.69) is 13.2 Å². The highest BCUT2D eigenvalue weighted by molar-refractivity contribution is 5.97. The number of rotatable bonds is 2. The third-order valence-electron chi connectivity index (χ3n) is 6.12. The standard InChI is InChI=1S/C19H24O7/c1-8(2)16(22)25-12-6-9(3)13(20)11-7-18(5,24)14(21)15-19(11,12)10(4)17(23)26-15/h9,11-12,14-15,21,24H,1,4,6-7H2,2-3,5H3. The zero-order valence-corrected chi connectivity index (χ0v) is 15.2. The average molecular weight is 364 g/mol. The van der Waals surface area contributed by atoms with Gasteiger partial charge in [-0.1, -0.05) is 20.1 Å². The maximum atomic E-state index is 13.0. The maximum absolute atomic E-state index is 13.0. The minimum Gasteiger partial charge on any atom is -0.458 e. The molecular weight excluding hydrogens is 340 g/mol. The summed E-state index contributed by atoms with van der Waals surface area (Å²) in [7, 11) is 0. The Morgan fingerprint density at radius 2 is 2.00 bits per heavy atom. The van der Waals surface area contributed by atoms with Gasteiger partial charge in [0.05, 0.1) is 11.0 Å². The van der Waals surface area contributed by atoms with Crippen molar-refractivity contribution in [3.05, 3.63) is 24.3 Å². The van der Waals surface area contributed by atoms with Crippen LogP contribution in [0, 0.1) is 17.3 Å². The molecule has 3 fully saturated rings. The topological polar surface area (TPSA) is 110 Å². The van der Waals surface area contributed by atoms with Crippen molar-refractivity contribution in [1.29, 1.82) is 0 Å². The van der Waals surface area contributed by atoms with Crippen LogP contribution in [0.2, 0.25) is 0 Å². The molecule has 1 aliphatic heterocycles. The second-order valence-electron chi connectivity index (χ2n) is 8.01. The van der Waals surface area contributed by atoms with Gasteiger partial charge in [0.2, 0.25) is 0 Å². The van der Waals surface area contributed by atoms with Crippen molar-refractivity contribution in [3.8, 4) is 0 Å². The number of aliphatic hydroxyl groups excluding tert-OH is 1. The van der Waals surface area contributed by atoms with E-state index in [1.807, 2.05) is 0 Å². The van der Waals surface area contributed by atoms with Crippen LogP contribution in [0.4, 0.5) is 0 Å². The lowest BCUT2D eigenvalue weighted by molar-refractivity contribution is -0.227. The fraction of sp³-hybridized carbons (Fsp3) is 0.632. The van der Waals surface area contributed by atoms with Gasteiger partial charge in [0, 0.05) is 23.0 Å². The number of ketones is 1. The number of hydrogen-bond donors (Lipinski definition) is 2. The molecule has 1 heterocycles. The number of esters is 2. The van der Waals surface area contributed by atoms with E-state index in [9.17, 15) is 24.6 Å². The Labute approximate surface area is 151 Å². The molecule has 0 amide bonds. The number of Topliss-reactive ketones (excluding diaryl/α,β-unsaturated/α-hetero) is 1. The van der Waals surface area contributed by atoms with Crippen LogP contribution in [0.5, 0.6) is 0 Å². The van der Waals surface area contributed by atoms with E-state index < -0.39 is 53.1 Å². The summed E-state index contributed by atoms with van der Waals surface area (Å²) in [5.41, 5.74) is -2.83. The second-order valence-corrected chi connectivity index (χ2v) is 8.01. The van der Waals surface area contributed by atoms with E-state index in [0.29, 0.717) is 0 Å². The van der Waals surface area contributed by atoms with Crippen LogP contribution in [0.3, 0.4) is 0 Å². The molecule has 7 nitrogen and oxygen atoms in total. The Morgan fingerprint density at radius 3 is 2.58 bits per heavy atom. The summed E-state index contributed by atoms with van der Waals surface area (Å²) < 4.78 is 10.9. The van der Waals surface area contributed by atoms with Gasteiger partial charge >= 0.3 is 11.9 Å². The van der Waals surface area contributed by atoms with Crippen LogP contribution in [-0.2, 0) is 23.9 Å². The number of aliphatic hydroxyl groups is 2. The molecule has 7 unspecified atom stereocenters. The molecule has 1 spiro atoms. The molecule has 0 aromatic heterocycles. The molecule has 3 aliphatic rings. The molecule has 7 atom stereocenters. The van der Waals surface area contributed by atoms with Gasteiger partial charge < -0.3 is 19.7 Å². The Balaban J connectivity index is 2.17. The van der Waals surface area contributed by atoms with E-state index >= 15 is 0 Å². The Morgan fingerprint density at radius 1 is 1.38 bits per heavy atom. The predicted octanol–water partition coefficient (Wildman–Crippen LogP) is 0.683. The number of ether oxygens (including phenoxy) is 2. The molecule has 0 bridgehead atoms. The smallest absolute Gasteiger partial charge is 0.334 e. The van der Waals surface area contributed by atoms with Gasteiger partial charge in [-0.05, 0) is 26.7 Å². The van der Waals surface area contributed by atoms with Gasteiger partial charge in [-0.3, -0.25) is 4.79 Å². The molecule has 3 rings (SSSR count). The molecule has 2 saturated carbocycles. The zero-order valence-electron chi connectivity index (χ0n) is 15.2. The summed E-state index contributed by atoms with van der Waals surface area (Å²) in [4.78, 5) is 37.4. The van der Waals surface area contributed by atoms with Crippen molar-refractivity contribution in [2.45, 2.75) is 57.5 Å². The third kappa shape index (κ3) is 2.30. The summed E-state index contributed by atoms with van der Waals surface area (Å²) in [6.45, 7) is 12.0. The van der Waals surface area contributed by atoms with Gasteiger partial charge in [-0.25, -0.2) is 9.59 Å². The summed E-state index contributed by atoms with van der Waals surface area (Å²) >= 11 is 0. The van der Waals surface area contributed by atoms with Gasteiger partial charge in [-0.2, -0.15) is 0 Å². The number of carbonyl (C=O) groups excluding carboxylic acids is 3. The van der Waals surface area contributed by atoms with Crippen LogP contribution in [0.1, 0.15) is 33.6 Å². The van der Waals surface area contributed by atoms with Crippen molar-refractivity contribution >= 4 is 17.7 Å². The van der Waals surface area contributed by atoms with Crippen molar-refractivity contribution < 1.29 is 34.1 Å². The first-order valence-electron chi connectivity index (χ1n) is 8.65. The lowest BCUT2D eigenvalue weighted by Gasteiger charge is -2.56. The Bertz CT molecular complexity index is 721. The van der Waals surface area contributed by atoms with E-state index in [1.165, 1.54) is 13.8 Å². The van der Waals surface area contributed by atoms with E-state index in [-0.39, 0.29) is 29.8 Å². The highest BCUT2D eigenvalue weighted by Gasteiger charge is 2.73. The van der Waals surface area contributed by atoms with Crippen LogP contribution >= 0.6 is 0 Å². The predicted molar refractivity (Wildman–Crippen MR) is 89.7 cm³/mol. The lowest BCUT2D eigenvalue weighted by Crippen LogP contribution is -2.69. The van der Waals surface area contributed by atoms with Crippen LogP contribution in [-0.4, -0.2) is 51.8 Å². The average Bonchev–Trinajstić information content (AvgIpc) is 2.81. The summed E-state index contributed by atoms with van der Waals surface area (Å²) in [5.74, 6) is -2.86. The maximum Gasteiger partial charge on any atom is 0.334 e. The van der Waals surface area contributed by atoms with Crippen LogP contribution < -0.4 is 0 Å². The molecule has 2 aliphatic carbocycles. The SMILES string of the molecule is C=C(C)C(=O)OC1CC(C)C(=O)C2CC(C)(O)C(O)C3OC(=O)C(=C)C123. The normalized spacial score (nSPS) is 44.8. The van der Waals surface area contributed by atoms with Crippen molar-refractivity contribution in [2.75, 3.05) is 0 Å². The summed E-state index contributed by atoms with van der Waals surface area (Å²) in [5, 5.41) is 21.3. The summed E-state index contributed by atoms with van der Waals surface area (Å²) in [6.07, 6.45) is -3.44. The van der Waals surface area contributed by atoms with Gasteiger partial charge in [-0.15, -0.1) is 0 Å². The van der Waals surface area contributed by atoms with Crippen molar-refractivity contribution in [1.82, 2.24) is 0 Å². The van der Waals surface area contributed by atoms with Gasteiger partial charge in [0.1, 0.15) is 24.1 Å². The van der Waals surface area contributed by atoms with Gasteiger partial charge in [0.25, 0.3) is 0 Å². The highest BCUT2D eigenvalue weighted by atomic mass is 16.6. The zero-order chi connectivity index (χ0) is 19.6. The first kappa shape index (κ1) is 18.8. The van der Waals surface area contributed by atoms with E-state index in [4.69, 9.17) is 9.47 Å². The second kappa shape index (κ2) is 5.76. The monoisotopic (exact) mass is 364 g/mol. The van der Waals surface area contributed by atoms with E-state index in [1.54, 1.807) is 6.92 Å². The fourth-order valence-electron chi connectivity index (χ4n) is 4.68. The third-order valence-corrected chi connectivity index (χ3v) is 6.12. The largest absolute Gasteiger partial charge is 0.458 e. The minimum atomic E-state index is -1.63.